The summed E-state index contributed by atoms with van der Waals surface area (Å²) < 4.78 is 9.20. The summed E-state index contributed by atoms with van der Waals surface area (Å²) in [5.41, 5.74) is 4.72. The van der Waals surface area contributed by atoms with E-state index in [1.54, 1.807) is 0 Å². The average molecular weight is 308 g/mol. The second-order valence-electron chi connectivity index (χ2n) is 5.36. The van der Waals surface area contributed by atoms with Crippen molar-refractivity contribution < 1.29 is 4.52 Å². The van der Waals surface area contributed by atoms with E-state index >= 15 is 0 Å². The van der Waals surface area contributed by atoms with Crippen LogP contribution in [0.1, 0.15) is 40.8 Å². The van der Waals surface area contributed by atoms with Gasteiger partial charge in [-0.1, -0.05) is 5.16 Å². The van der Waals surface area contributed by atoms with Crippen LogP contribution in [-0.4, -0.2) is 24.5 Å². The summed E-state index contributed by atoms with van der Waals surface area (Å²) >= 11 is 6.31. The summed E-state index contributed by atoms with van der Waals surface area (Å²) in [6, 6.07) is 0. The molecule has 0 bridgehead atoms. The molecule has 1 atom stereocenters. The lowest BCUT2D eigenvalue weighted by Gasteiger charge is -2.10. The van der Waals surface area contributed by atoms with Crippen LogP contribution in [0.15, 0.2) is 4.52 Å². The molecule has 0 radical (unpaired) electrons. The molecule has 0 saturated carbocycles. The lowest BCUT2D eigenvalue weighted by Crippen LogP contribution is -2.10. The third-order valence-corrected chi connectivity index (χ3v) is 3.97. The number of aromatic nitrogens is 5. The zero-order valence-corrected chi connectivity index (χ0v) is 13.6. The quantitative estimate of drug-likeness (QED) is 0.698. The van der Waals surface area contributed by atoms with Crippen molar-refractivity contribution >= 4 is 22.8 Å². The molecular weight excluding hydrogens is 290 g/mol. The van der Waals surface area contributed by atoms with Gasteiger partial charge in [-0.3, -0.25) is 4.68 Å². The molecule has 0 amide bonds. The first-order valence-corrected chi connectivity index (χ1v) is 7.29. The molecule has 3 aromatic heterocycles. The Morgan fingerprint density at radius 2 is 1.95 bits per heavy atom. The highest BCUT2D eigenvalue weighted by Crippen LogP contribution is 2.28. The lowest BCUT2D eigenvalue weighted by molar-refractivity contribution is 0.392. The van der Waals surface area contributed by atoms with Gasteiger partial charge >= 0.3 is 0 Å². The van der Waals surface area contributed by atoms with Crippen molar-refractivity contribution in [2.75, 3.05) is 0 Å². The second-order valence-corrected chi connectivity index (χ2v) is 6.01. The van der Waals surface area contributed by atoms with E-state index in [4.69, 9.17) is 16.1 Å². The van der Waals surface area contributed by atoms with E-state index in [0.29, 0.717) is 6.54 Å². The summed E-state index contributed by atoms with van der Waals surface area (Å²) in [7, 11) is 1.92. The maximum absolute atomic E-state index is 6.31. The van der Waals surface area contributed by atoms with Gasteiger partial charge in [-0.25, -0.2) is 4.98 Å². The SMILES string of the molecule is Cc1noc(C)c1Cn1c(C(C)Cl)nc2c(C)nn(C)c21. The fourth-order valence-electron chi connectivity index (χ4n) is 2.70. The first-order valence-electron chi connectivity index (χ1n) is 6.85. The number of rotatable bonds is 3. The van der Waals surface area contributed by atoms with Crippen molar-refractivity contribution in [2.45, 2.75) is 39.6 Å². The average Bonchev–Trinajstić information content (AvgIpc) is 3.02. The van der Waals surface area contributed by atoms with E-state index in [2.05, 4.69) is 19.8 Å². The Bertz CT molecular complexity index is 792. The van der Waals surface area contributed by atoms with Gasteiger partial charge in [0.1, 0.15) is 17.1 Å². The Morgan fingerprint density at radius 3 is 2.52 bits per heavy atom. The second kappa shape index (κ2) is 4.87. The van der Waals surface area contributed by atoms with E-state index in [9.17, 15) is 0 Å². The molecule has 0 saturated heterocycles. The molecule has 1 unspecified atom stereocenters. The van der Waals surface area contributed by atoms with Gasteiger partial charge in [0.05, 0.1) is 23.3 Å². The van der Waals surface area contributed by atoms with Crippen molar-refractivity contribution in [3.05, 3.63) is 28.5 Å². The zero-order chi connectivity index (χ0) is 15.3. The van der Waals surface area contributed by atoms with E-state index in [0.717, 1.165) is 39.7 Å². The molecule has 3 rings (SSSR count). The maximum atomic E-state index is 6.31. The maximum Gasteiger partial charge on any atom is 0.159 e. The van der Waals surface area contributed by atoms with Crippen molar-refractivity contribution in [1.82, 2.24) is 24.5 Å². The molecule has 21 heavy (non-hydrogen) atoms. The summed E-state index contributed by atoms with van der Waals surface area (Å²) in [6.07, 6.45) is 0. The topological polar surface area (TPSA) is 61.7 Å². The fraction of sp³-hybridized carbons (Fsp3) is 0.500. The number of halogens is 1. The van der Waals surface area contributed by atoms with Crippen LogP contribution in [0, 0.1) is 20.8 Å². The Morgan fingerprint density at radius 1 is 1.24 bits per heavy atom. The fourth-order valence-corrected chi connectivity index (χ4v) is 2.86. The van der Waals surface area contributed by atoms with Gasteiger partial charge in [-0.2, -0.15) is 5.10 Å². The Balaban J connectivity index is 2.22. The molecule has 0 aliphatic carbocycles. The Labute approximate surface area is 127 Å². The number of alkyl halides is 1. The predicted octanol–water partition coefficient (Wildman–Crippen LogP) is 3.03. The largest absolute Gasteiger partial charge is 0.361 e. The first-order chi connectivity index (χ1) is 9.90. The van der Waals surface area contributed by atoms with Crippen molar-refractivity contribution in [3.8, 4) is 0 Å². The highest BCUT2D eigenvalue weighted by Gasteiger charge is 2.22. The summed E-state index contributed by atoms with van der Waals surface area (Å²) in [4.78, 5) is 4.67. The van der Waals surface area contributed by atoms with Crippen LogP contribution >= 0.6 is 11.6 Å². The normalized spacial score (nSPS) is 13.2. The third-order valence-electron chi connectivity index (χ3n) is 3.77. The van der Waals surface area contributed by atoms with E-state index in [-0.39, 0.29) is 5.38 Å². The summed E-state index contributed by atoms with van der Waals surface area (Å²) in [5.74, 6) is 1.66. The minimum absolute atomic E-state index is 0.183. The molecule has 0 N–H and O–H groups in total. The smallest absolute Gasteiger partial charge is 0.159 e. The number of aryl methyl sites for hydroxylation is 4. The molecule has 0 aliphatic heterocycles. The number of hydrogen-bond donors (Lipinski definition) is 0. The summed E-state index contributed by atoms with van der Waals surface area (Å²) in [5, 5.41) is 8.27. The van der Waals surface area contributed by atoms with Gasteiger partial charge in [0.2, 0.25) is 0 Å². The van der Waals surface area contributed by atoms with E-state index < -0.39 is 0 Å². The standard InChI is InChI=1S/C14H18ClN5O/c1-7(15)13-16-12-9(3)17-19(5)14(12)20(13)6-11-8(2)18-21-10(11)4/h7H,6H2,1-5H3. The van der Waals surface area contributed by atoms with Crippen LogP contribution in [0.3, 0.4) is 0 Å². The van der Waals surface area contributed by atoms with Gasteiger partial charge in [0, 0.05) is 12.6 Å². The van der Waals surface area contributed by atoms with Crippen molar-refractivity contribution in [1.29, 1.82) is 0 Å². The van der Waals surface area contributed by atoms with E-state index in [1.807, 2.05) is 39.4 Å². The van der Waals surface area contributed by atoms with Crippen LogP contribution in [0.5, 0.6) is 0 Å². The van der Waals surface area contributed by atoms with Crippen molar-refractivity contribution in [2.24, 2.45) is 7.05 Å². The highest BCUT2D eigenvalue weighted by molar-refractivity contribution is 6.20. The Hall–Kier alpha value is -1.82. The molecular formula is C14H18ClN5O. The lowest BCUT2D eigenvalue weighted by atomic mass is 10.2. The monoisotopic (exact) mass is 307 g/mol. The van der Waals surface area contributed by atoms with Crippen LogP contribution < -0.4 is 0 Å². The number of imidazole rings is 1. The molecule has 0 aromatic carbocycles. The van der Waals surface area contributed by atoms with Crippen LogP contribution in [0.4, 0.5) is 0 Å². The summed E-state index contributed by atoms with van der Waals surface area (Å²) in [6.45, 7) is 8.37. The number of fused-ring (bicyclic) bond motifs is 1. The molecule has 3 heterocycles. The van der Waals surface area contributed by atoms with Gasteiger partial charge in [0.15, 0.2) is 5.65 Å². The molecule has 0 aliphatic rings. The van der Waals surface area contributed by atoms with Gasteiger partial charge in [0.25, 0.3) is 0 Å². The van der Waals surface area contributed by atoms with Crippen LogP contribution in [0.2, 0.25) is 0 Å². The third kappa shape index (κ3) is 2.14. The predicted molar refractivity (Wildman–Crippen MR) is 80.6 cm³/mol. The molecule has 112 valence electrons. The molecule has 0 fully saturated rings. The van der Waals surface area contributed by atoms with Crippen LogP contribution in [-0.2, 0) is 13.6 Å². The highest BCUT2D eigenvalue weighted by atomic mass is 35.5. The molecule has 7 heteroatoms. The van der Waals surface area contributed by atoms with Gasteiger partial charge in [-0.15, -0.1) is 11.6 Å². The molecule has 0 spiro atoms. The number of hydrogen-bond acceptors (Lipinski definition) is 4. The Kier molecular flexibility index (Phi) is 3.28. The van der Waals surface area contributed by atoms with Gasteiger partial charge < -0.3 is 9.09 Å². The first kappa shape index (κ1) is 14.1. The minimum atomic E-state index is -0.183. The van der Waals surface area contributed by atoms with Gasteiger partial charge in [-0.05, 0) is 27.7 Å². The minimum Gasteiger partial charge on any atom is -0.361 e. The zero-order valence-electron chi connectivity index (χ0n) is 12.8. The van der Waals surface area contributed by atoms with E-state index in [1.165, 1.54) is 0 Å². The van der Waals surface area contributed by atoms with Crippen LogP contribution in [0.25, 0.3) is 11.2 Å². The number of nitrogens with zero attached hydrogens (tertiary/aromatic N) is 5. The molecule has 6 nitrogen and oxygen atoms in total. The molecule has 3 aromatic rings. The van der Waals surface area contributed by atoms with Crippen molar-refractivity contribution in [3.63, 3.8) is 0 Å².